The predicted octanol–water partition coefficient (Wildman–Crippen LogP) is 0.445. The number of rotatable bonds is 4. The highest BCUT2D eigenvalue weighted by atomic mass is 32.2. The Morgan fingerprint density at radius 1 is 1.69 bits per heavy atom. The number of nitrogens with two attached hydrogens (primary N) is 2. The number of nitrogen functional groups attached to an aromatic ring is 1. The summed E-state index contributed by atoms with van der Waals surface area (Å²) in [7, 11) is 0. The normalized spacial score (nSPS) is 13.2. The third-order valence-electron chi connectivity index (χ3n) is 1.45. The second-order valence-electron chi connectivity index (χ2n) is 2.63. The van der Waals surface area contributed by atoms with Crippen LogP contribution in [0.2, 0.25) is 0 Å². The van der Waals surface area contributed by atoms with E-state index in [2.05, 4.69) is 4.98 Å². The SMILES string of the molecule is Cc1nc(N)sc1SCC(O)CN. The maximum Gasteiger partial charge on any atom is 0.181 e. The summed E-state index contributed by atoms with van der Waals surface area (Å²) in [5, 5.41) is 9.80. The molecular formula is C7H13N3OS2. The van der Waals surface area contributed by atoms with Gasteiger partial charge in [-0.3, -0.25) is 0 Å². The number of hydrogen-bond donors (Lipinski definition) is 3. The Kier molecular flexibility index (Phi) is 3.98. The second-order valence-corrected chi connectivity index (χ2v) is 4.94. The molecule has 1 atom stereocenters. The van der Waals surface area contributed by atoms with Gasteiger partial charge in [0.15, 0.2) is 5.13 Å². The average Bonchev–Trinajstić information content (AvgIpc) is 2.41. The van der Waals surface area contributed by atoms with Crippen LogP contribution in [0.3, 0.4) is 0 Å². The van der Waals surface area contributed by atoms with Gasteiger partial charge in [-0.2, -0.15) is 0 Å². The number of nitrogens with zero attached hydrogens (tertiary/aromatic N) is 1. The Morgan fingerprint density at radius 2 is 2.38 bits per heavy atom. The maximum atomic E-state index is 9.22. The lowest BCUT2D eigenvalue weighted by molar-refractivity contribution is 0.208. The lowest BCUT2D eigenvalue weighted by Gasteiger charge is -2.04. The van der Waals surface area contributed by atoms with E-state index >= 15 is 0 Å². The molecule has 74 valence electrons. The van der Waals surface area contributed by atoms with E-state index in [1.807, 2.05) is 6.92 Å². The first kappa shape index (κ1) is 10.8. The van der Waals surface area contributed by atoms with Gasteiger partial charge in [-0.25, -0.2) is 4.98 Å². The summed E-state index contributed by atoms with van der Waals surface area (Å²) in [6.45, 7) is 2.20. The van der Waals surface area contributed by atoms with Gasteiger partial charge in [0.2, 0.25) is 0 Å². The van der Waals surface area contributed by atoms with Crippen LogP contribution in [0.15, 0.2) is 4.21 Å². The smallest absolute Gasteiger partial charge is 0.181 e. The van der Waals surface area contributed by atoms with Crippen LogP contribution in [0, 0.1) is 6.92 Å². The quantitative estimate of drug-likeness (QED) is 0.640. The summed E-state index contributed by atoms with van der Waals surface area (Å²) in [6, 6.07) is 0. The molecule has 0 saturated heterocycles. The van der Waals surface area contributed by atoms with Gasteiger partial charge in [0.25, 0.3) is 0 Å². The number of aryl methyl sites for hydroxylation is 1. The second kappa shape index (κ2) is 4.80. The topological polar surface area (TPSA) is 85.2 Å². The number of anilines is 1. The number of aromatic nitrogens is 1. The maximum absolute atomic E-state index is 9.22. The summed E-state index contributed by atoms with van der Waals surface area (Å²) in [5.41, 5.74) is 11.7. The molecule has 1 heterocycles. The molecule has 0 saturated carbocycles. The fraction of sp³-hybridized carbons (Fsp3) is 0.571. The molecule has 4 nitrogen and oxygen atoms in total. The summed E-state index contributed by atoms with van der Waals surface area (Å²) < 4.78 is 1.06. The molecular weight excluding hydrogens is 206 g/mol. The number of aliphatic hydroxyl groups is 1. The van der Waals surface area contributed by atoms with Gasteiger partial charge in [0.1, 0.15) is 0 Å². The molecule has 0 bridgehead atoms. The van der Waals surface area contributed by atoms with E-state index in [-0.39, 0.29) is 0 Å². The van der Waals surface area contributed by atoms with Crippen molar-refractivity contribution < 1.29 is 5.11 Å². The van der Waals surface area contributed by atoms with Crippen molar-refractivity contribution in [2.45, 2.75) is 17.2 Å². The highest BCUT2D eigenvalue weighted by molar-refractivity contribution is 8.01. The Hall–Kier alpha value is -0.300. The van der Waals surface area contributed by atoms with Crippen molar-refractivity contribution in [1.82, 2.24) is 4.98 Å². The van der Waals surface area contributed by atoms with Crippen LogP contribution in [-0.4, -0.2) is 28.5 Å². The number of thiazole rings is 1. The minimum absolute atomic E-state index is 0.292. The van der Waals surface area contributed by atoms with Crippen molar-refractivity contribution in [2.75, 3.05) is 18.0 Å². The van der Waals surface area contributed by atoms with E-state index < -0.39 is 6.10 Å². The Balaban J connectivity index is 2.49. The standard InChI is InChI=1S/C7H13N3OS2/c1-4-6(13-7(9)10-4)12-3-5(11)2-8/h5,11H,2-3,8H2,1H3,(H2,9,10). The van der Waals surface area contributed by atoms with Crippen LogP contribution < -0.4 is 11.5 Å². The van der Waals surface area contributed by atoms with Crippen LogP contribution in [0.5, 0.6) is 0 Å². The summed E-state index contributed by atoms with van der Waals surface area (Å²) in [4.78, 5) is 4.08. The van der Waals surface area contributed by atoms with Crippen LogP contribution in [-0.2, 0) is 0 Å². The van der Waals surface area contributed by atoms with Crippen molar-refractivity contribution in [3.8, 4) is 0 Å². The average molecular weight is 219 g/mol. The Morgan fingerprint density at radius 3 is 2.85 bits per heavy atom. The van der Waals surface area contributed by atoms with Gasteiger partial charge >= 0.3 is 0 Å². The molecule has 0 aromatic carbocycles. The highest BCUT2D eigenvalue weighted by Gasteiger charge is 2.08. The van der Waals surface area contributed by atoms with Gasteiger partial charge < -0.3 is 16.6 Å². The third-order valence-corrected chi connectivity index (χ3v) is 3.94. The Bertz CT molecular complexity index is 277. The van der Waals surface area contributed by atoms with E-state index in [9.17, 15) is 5.11 Å². The van der Waals surface area contributed by atoms with Gasteiger partial charge in [-0.15, -0.1) is 11.8 Å². The largest absolute Gasteiger partial charge is 0.391 e. The van der Waals surface area contributed by atoms with E-state index in [0.717, 1.165) is 9.90 Å². The number of aliphatic hydroxyl groups excluding tert-OH is 1. The number of hydrogen-bond acceptors (Lipinski definition) is 6. The lowest BCUT2D eigenvalue weighted by Crippen LogP contribution is -2.21. The highest BCUT2D eigenvalue weighted by Crippen LogP contribution is 2.30. The van der Waals surface area contributed by atoms with E-state index in [4.69, 9.17) is 11.5 Å². The molecule has 1 aromatic heterocycles. The molecule has 0 spiro atoms. The van der Waals surface area contributed by atoms with Crippen molar-refractivity contribution in [3.63, 3.8) is 0 Å². The van der Waals surface area contributed by atoms with Crippen molar-refractivity contribution in [2.24, 2.45) is 5.73 Å². The van der Waals surface area contributed by atoms with Gasteiger partial charge in [-0.05, 0) is 6.92 Å². The molecule has 0 aliphatic heterocycles. The van der Waals surface area contributed by atoms with Crippen LogP contribution in [0.4, 0.5) is 5.13 Å². The van der Waals surface area contributed by atoms with Gasteiger partial charge in [-0.1, -0.05) is 11.3 Å². The molecule has 0 radical (unpaired) electrons. The van der Waals surface area contributed by atoms with E-state index in [1.165, 1.54) is 11.3 Å². The van der Waals surface area contributed by atoms with Crippen molar-refractivity contribution in [3.05, 3.63) is 5.69 Å². The van der Waals surface area contributed by atoms with Gasteiger partial charge in [0.05, 0.1) is 16.0 Å². The molecule has 5 N–H and O–H groups in total. The first-order valence-corrected chi connectivity index (χ1v) is 5.67. The van der Waals surface area contributed by atoms with Crippen LogP contribution >= 0.6 is 23.1 Å². The zero-order chi connectivity index (χ0) is 9.84. The van der Waals surface area contributed by atoms with Crippen LogP contribution in [0.25, 0.3) is 0 Å². The zero-order valence-electron chi connectivity index (χ0n) is 7.36. The molecule has 13 heavy (non-hydrogen) atoms. The minimum atomic E-state index is -0.451. The lowest BCUT2D eigenvalue weighted by atomic mass is 10.4. The zero-order valence-corrected chi connectivity index (χ0v) is 8.99. The summed E-state index contributed by atoms with van der Waals surface area (Å²) in [5.74, 6) is 0.596. The summed E-state index contributed by atoms with van der Waals surface area (Å²) >= 11 is 2.99. The first-order chi connectivity index (χ1) is 6.13. The molecule has 0 aliphatic carbocycles. The fourth-order valence-electron chi connectivity index (χ4n) is 0.776. The van der Waals surface area contributed by atoms with E-state index in [0.29, 0.717) is 17.4 Å². The van der Waals surface area contributed by atoms with Gasteiger partial charge in [0, 0.05) is 12.3 Å². The Labute approximate surface area is 85.3 Å². The van der Waals surface area contributed by atoms with E-state index in [1.54, 1.807) is 11.8 Å². The fourth-order valence-corrected chi connectivity index (χ4v) is 2.77. The molecule has 0 fully saturated rings. The van der Waals surface area contributed by atoms with Crippen molar-refractivity contribution >= 4 is 28.2 Å². The minimum Gasteiger partial charge on any atom is -0.391 e. The molecule has 0 amide bonds. The molecule has 6 heteroatoms. The van der Waals surface area contributed by atoms with Crippen LogP contribution in [0.1, 0.15) is 5.69 Å². The number of thioether (sulfide) groups is 1. The molecule has 1 unspecified atom stereocenters. The molecule has 0 aliphatic rings. The van der Waals surface area contributed by atoms with Crippen molar-refractivity contribution in [1.29, 1.82) is 0 Å². The monoisotopic (exact) mass is 219 g/mol. The third kappa shape index (κ3) is 3.15. The molecule has 1 rings (SSSR count). The predicted molar refractivity (Wildman–Crippen MR) is 57.0 cm³/mol. The first-order valence-electron chi connectivity index (χ1n) is 3.87. The summed E-state index contributed by atoms with van der Waals surface area (Å²) in [6.07, 6.45) is -0.451. The molecule has 1 aromatic rings.